The van der Waals surface area contributed by atoms with Crippen molar-refractivity contribution in [2.45, 2.75) is 57.1 Å². The summed E-state index contributed by atoms with van der Waals surface area (Å²) >= 11 is 5.89. The van der Waals surface area contributed by atoms with Gasteiger partial charge in [-0.05, 0) is 106 Å². The number of carbonyl (C=O) groups is 1. The lowest BCUT2D eigenvalue weighted by atomic mass is 9.84. The van der Waals surface area contributed by atoms with Crippen LogP contribution in [0.2, 0.25) is 5.02 Å². The SMILES string of the molecule is O=C(Nc1ccc(Cl)cc1)NC1CCC(CCN2CCC(Oc3ccc(F)cc3)CC2)CC1. The second-order valence-electron chi connectivity index (χ2n) is 9.22. The van der Waals surface area contributed by atoms with Crippen LogP contribution in [0.1, 0.15) is 44.9 Å². The van der Waals surface area contributed by atoms with Gasteiger partial charge in [-0.3, -0.25) is 0 Å². The number of halogens is 2. The van der Waals surface area contributed by atoms with Gasteiger partial charge in [0.05, 0.1) is 0 Å². The molecule has 0 spiro atoms. The van der Waals surface area contributed by atoms with Gasteiger partial charge in [0.2, 0.25) is 0 Å². The summed E-state index contributed by atoms with van der Waals surface area (Å²) in [5.74, 6) is 1.25. The van der Waals surface area contributed by atoms with Crippen LogP contribution in [-0.4, -0.2) is 42.7 Å². The number of ether oxygens (including phenoxy) is 1. The standard InChI is InChI=1S/C26H33ClFN3O2/c27-20-3-9-23(10-4-20)30-26(32)29-22-7-1-19(2-8-22)13-16-31-17-14-25(15-18-31)33-24-11-5-21(28)6-12-24/h3-6,9-12,19,22,25H,1-2,7-8,13-18H2,(H2,29,30,32). The van der Waals surface area contributed by atoms with E-state index in [2.05, 4.69) is 15.5 Å². The lowest BCUT2D eigenvalue weighted by Crippen LogP contribution is -2.41. The topological polar surface area (TPSA) is 53.6 Å². The Morgan fingerprint density at radius 1 is 0.970 bits per heavy atom. The highest BCUT2D eigenvalue weighted by atomic mass is 35.5. The van der Waals surface area contributed by atoms with Crippen LogP contribution in [0.5, 0.6) is 5.75 Å². The molecule has 7 heteroatoms. The number of hydrogen-bond acceptors (Lipinski definition) is 3. The number of anilines is 1. The van der Waals surface area contributed by atoms with Crippen molar-refractivity contribution >= 4 is 23.3 Å². The monoisotopic (exact) mass is 473 g/mol. The molecule has 1 aliphatic heterocycles. The normalized spacial score (nSPS) is 22.0. The van der Waals surface area contributed by atoms with E-state index in [1.165, 1.54) is 18.6 Å². The molecule has 0 radical (unpaired) electrons. The molecule has 4 rings (SSSR count). The predicted octanol–water partition coefficient (Wildman–Crippen LogP) is 6.09. The molecule has 2 aromatic rings. The Hall–Kier alpha value is -2.31. The van der Waals surface area contributed by atoms with E-state index in [9.17, 15) is 9.18 Å². The summed E-state index contributed by atoms with van der Waals surface area (Å²) in [6, 6.07) is 13.5. The van der Waals surface area contributed by atoms with Crippen molar-refractivity contribution in [1.29, 1.82) is 0 Å². The van der Waals surface area contributed by atoms with E-state index < -0.39 is 0 Å². The van der Waals surface area contributed by atoms with E-state index in [-0.39, 0.29) is 24.0 Å². The number of carbonyl (C=O) groups excluding carboxylic acids is 1. The number of hydrogen-bond donors (Lipinski definition) is 2. The smallest absolute Gasteiger partial charge is 0.319 e. The molecule has 2 aliphatic rings. The number of urea groups is 1. The first kappa shape index (κ1) is 23.8. The summed E-state index contributed by atoms with van der Waals surface area (Å²) in [7, 11) is 0. The zero-order valence-corrected chi connectivity index (χ0v) is 19.7. The highest BCUT2D eigenvalue weighted by Crippen LogP contribution is 2.28. The Morgan fingerprint density at radius 3 is 2.30 bits per heavy atom. The Balaban J connectivity index is 1.09. The van der Waals surface area contributed by atoms with Crippen LogP contribution in [0, 0.1) is 11.7 Å². The van der Waals surface area contributed by atoms with E-state index in [0.29, 0.717) is 5.02 Å². The molecule has 5 nitrogen and oxygen atoms in total. The fourth-order valence-corrected chi connectivity index (χ4v) is 4.93. The Kier molecular flexibility index (Phi) is 8.46. The van der Waals surface area contributed by atoms with Gasteiger partial charge in [-0.15, -0.1) is 0 Å². The summed E-state index contributed by atoms with van der Waals surface area (Å²) < 4.78 is 19.0. The summed E-state index contributed by atoms with van der Waals surface area (Å²) in [6.07, 6.45) is 7.85. The van der Waals surface area contributed by atoms with Crippen molar-refractivity contribution in [3.05, 3.63) is 59.4 Å². The Bertz CT molecular complexity index is 877. The summed E-state index contributed by atoms with van der Waals surface area (Å²) in [4.78, 5) is 14.8. The van der Waals surface area contributed by atoms with Crippen molar-refractivity contribution in [1.82, 2.24) is 10.2 Å². The second-order valence-corrected chi connectivity index (χ2v) is 9.66. The minimum atomic E-state index is -0.233. The van der Waals surface area contributed by atoms with Crippen LogP contribution < -0.4 is 15.4 Å². The van der Waals surface area contributed by atoms with Gasteiger partial charge in [-0.2, -0.15) is 0 Å². The second kappa shape index (κ2) is 11.7. The molecule has 2 fully saturated rings. The van der Waals surface area contributed by atoms with E-state index in [4.69, 9.17) is 16.3 Å². The first-order valence-corrected chi connectivity index (χ1v) is 12.4. The van der Waals surface area contributed by atoms with Gasteiger partial charge in [-0.1, -0.05) is 11.6 Å². The van der Waals surface area contributed by atoms with Crippen molar-refractivity contribution in [3.63, 3.8) is 0 Å². The summed E-state index contributed by atoms with van der Waals surface area (Å²) in [6.45, 7) is 3.23. The molecule has 0 aromatic heterocycles. The lowest BCUT2D eigenvalue weighted by Gasteiger charge is -2.34. The van der Waals surface area contributed by atoms with E-state index >= 15 is 0 Å². The van der Waals surface area contributed by atoms with Gasteiger partial charge in [0.1, 0.15) is 17.7 Å². The third-order valence-electron chi connectivity index (χ3n) is 6.79. The molecule has 2 N–H and O–H groups in total. The molecular weight excluding hydrogens is 441 g/mol. The lowest BCUT2D eigenvalue weighted by molar-refractivity contribution is 0.0950. The average molecular weight is 474 g/mol. The van der Waals surface area contributed by atoms with Gasteiger partial charge in [-0.25, -0.2) is 9.18 Å². The maximum absolute atomic E-state index is 13.0. The zero-order valence-electron chi connectivity index (χ0n) is 18.9. The highest BCUT2D eigenvalue weighted by molar-refractivity contribution is 6.30. The van der Waals surface area contributed by atoms with Gasteiger partial charge in [0.15, 0.2) is 0 Å². The minimum Gasteiger partial charge on any atom is -0.490 e. The number of benzene rings is 2. The van der Waals surface area contributed by atoms with Crippen LogP contribution >= 0.6 is 11.6 Å². The molecule has 1 heterocycles. The molecule has 33 heavy (non-hydrogen) atoms. The summed E-state index contributed by atoms with van der Waals surface area (Å²) in [5.41, 5.74) is 0.748. The number of likely N-dealkylation sites (tertiary alicyclic amines) is 1. The number of amides is 2. The molecule has 0 atom stereocenters. The van der Waals surface area contributed by atoms with Crippen molar-refractivity contribution < 1.29 is 13.9 Å². The van der Waals surface area contributed by atoms with Gasteiger partial charge in [0.25, 0.3) is 0 Å². The van der Waals surface area contributed by atoms with Crippen LogP contribution in [0.4, 0.5) is 14.9 Å². The molecular formula is C26H33ClFN3O2. The number of nitrogens with one attached hydrogen (secondary N) is 2. The van der Waals surface area contributed by atoms with Crippen LogP contribution in [0.3, 0.4) is 0 Å². The molecule has 178 valence electrons. The van der Waals surface area contributed by atoms with Crippen LogP contribution in [-0.2, 0) is 0 Å². The third-order valence-corrected chi connectivity index (χ3v) is 7.04. The first-order chi connectivity index (χ1) is 16.0. The Labute approximate surface area is 200 Å². The van der Waals surface area contributed by atoms with Crippen molar-refractivity contribution in [2.24, 2.45) is 5.92 Å². The van der Waals surface area contributed by atoms with Crippen LogP contribution in [0.15, 0.2) is 48.5 Å². The molecule has 1 saturated carbocycles. The maximum atomic E-state index is 13.0. The van der Waals surface area contributed by atoms with Crippen molar-refractivity contribution in [3.8, 4) is 5.75 Å². The molecule has 0 unspecified atom stereocenters. The van der Waals surface area contributed by atoms with E-state index in [0.717, 1.165) is 75.5 Å². The minimum absolute atomic E-state index is 0.147. The zero-order chi connectivity index (χ0) is 23.0. The van der Waals surface area contributed by atoms with Gasteiger partial charge in [0, 0.05) is 29.8 Å². The Morgan fingerprint density at radius 2 is 1.64 bits per heavy atom. The molecule has 2 aromatic carbocycles. The molecule has 0 bridgehead atoms. The quantitative estimate of drug-likeness (QED) is 0.511. The summed E-state index contributed by atoms with van der Waals surface area (Å²) in [5, 5.41) is 6.64. The highest BCUT2D eigenvalue weighted by Gasteiger charge is 2.25. The fraction of sp³-hybridized carbons (Fsp3) is 0.500. The average Bonchev–Trinajstić information content (AvgIpc) is 2.82. The van der Waals surface area contributed by atoms with E-state index in [1.807, 2.05) is 0 Å². The maximum Gasteiger partial charge on any atom is 0.319 e. The number of nitrogens with zero attached hydrogens (tertiary/aromatic N) is 1. The fourth-order valence-electron chi connectivity index (χ4n) is 4.80. The largest absolute Gasteiger partial charge is 0.490 e. The van der Waals surface area contributed by atoms with Crippen LogP contribution in [0.25, 0.3) is 0 Å². The van der Waals surface area contributed by atoms with Gasteiger partial charge >= 0.3 is 6.03 Å². The first-order valence-electron chi connectivity index (χ1n) is 12.0. The predicted molar refractivity (Wildman–Crippen MR) is 130 cm³/mol. The molecule has 1 saturated heterocycles. The molecule has 1 aliphatic carbocycles. The molecule has 2 amide bonds. The third kappa shape index (κ3) is 7.61. The van der Waals surface area contributed by atoms with Gasteiger partial charge < -0.3 is 20.3 Å². The van der Waals surface area contributed by atoms with Crippen molar-refractivity contribution in [2.75, 3.05) is 25.0 Å². The number of piperidine rings is 1. The number of rotatable bonds is 7. The van der Waals surface area contributed by atoms with E-state index in [1.54, 1.807) is 36.4 Å².